The van der Waals surface area contributed by atoms with Crippen LogP contribution in [0.3, 0.4) is 0 Å². The quantitative estimate of drug-likeness (QED) is 0.525. The molecule has 0 fully saturated rings. The Morgan fingerprint density at radius 2 is 2.08 bits per heavy atom. The zero-order chi connectivity index (χ0) is 16.5. The number of rotatable bonds is 4. The van der Waals surface area contributed by atoms with E-state index in [1.807, 2.05) is 30.3 Å². The number of fused-ring (bicyclic) bond motifs is 1. The van der Waals surface area contributed by atoms with Crippen molar-refractivity contribution >= 4 is 50.2 Å². The van der Waals surface area contributed by atoms with Crippen molar-refractivity contribution in [2.45, 2.75) is 6.61 Å². The number of hydrogen-bond acceptors (Lipinski definition) is 6. The number of benzene rings is 1. The third-order valence-electron chi connectivity index (χ3n) is 3.32. The molecule has 0 aliphatic heterocycles. The Labute approximate surface area is 154 Å². The lowest BCUT2D eigenvalue weighted by molar-refractivity contribution is 0.301. The summed E-state index contributed by atoms with van der Waals surface area (Å²) in [6.07, 6.45) is 1.74. The Bertz CT molecular complexity index is 1000. The van der Waals surface area contributed by atoms with Crippen LogP contribution in [0.15, 0.2) is 41.0 Å². The highest BCUT2D eigenvalue weighted by Crippen LogP contribution is 2.24. The van der Waals surface area contributed by atoms with Crippen molar-refractivity contribution in [3.05, 3.63) is 51.0 Å². The highest BCUT2D eigenvalue weighted by molar-refractivity contribution is 9.10. The van der Waals surface area contributed by atoms with Crippen LogP contribution in [0, 0.1) is 0 Å². The van der Waals surface area contributed by atoms with Crippen molar-refractivity contribution in [3.63, 3.8) is 0 Å². The number of nitrogens with zero attached hydrogens (tertiary/aromatic N) is 4. The normalized spacial score (nSPS) is 11.1. The van der Waals surface area contributed by atoms with Gasteiger partial charge >= 0.3 is 0 Å². The average molecular weight is 423 g/mol. The van der Waals surface area contributed by atoms with Crippen LogP contribution in [-0.4, -0.2) is 24.5 Å². The molecule has 120 valence electrons. The first kappa shape index (κ1) is 15.5. The first-order valence-corrected chi connectivity index (χ1v) is 8.85. The van der Waals surface area contributed by atoms with Gasteiger partial charge in [0.05, 0.1) is 0 Å². The molecule has 0 unspecified atom stereocenters. The first-order chi connectivity index (χ1) is 11.7. The Balaban J connectivity index is 1.53. The summed E-state index contributed by atoms with van der Waals surface area (Å²) in [6, 6.07) is 9.54. The van der Waals surface area contributed by atoms with Gasteiger partial charge < -0.3 is 9.72 Å². The third-order valence-corrected chi connectivity index (χ3v) is 4.73. The molecule has 1 N–H and O–H groups in total. The lowest BCUT2D eigenvalue weighted by Crippen LogP contribution is -1.96. The van der Waals surface area contributed by atoms with E-state index in [1.165, 1.54) is 0 Å². The van der Waals surface area contributed by atoms with Gasteiger partial charge in [-0.1, -0.05) is 16.1 Å². The molecule has 0 spiro atoms. The number of imidazole rings is 1. The summed E-state index contributed by atoms with van der Waals surface area (Å²) in [5, 5.41) is 3.91. The van der Waals surface area contributed by atoms with Gasteiger partial charge in [0.25, 0.3) is 0 Å². The van der Waals surface area contributed by atoms with E-state index < -0.39 is 0 Å². The number of hydrogen-bond donors (Lipinski definition) is 1. The highest BCUT2D eigenvalue weighted by atomic mass is 79.9. The lowest BCUT2D eigenvalue weighted by atomic mass is 10.2. The predicted octanol–water partition coefficient (Wildman–Crippen LogP) is 4.47. The summed E-state index contributed by atoms with van der Waals surface area (Å²) in [7, 11) is 0. The molecule has 0 aliphatic rings. The standard InChI is InChI=1S/C15H9BrClN5OS/c16-9-5-11-15(18-6-9)20-14(19-11)8-1-3-10(4-2-8)23-7-12-13(17)24-22-21-12/h1-6H,7H2,(H,18,19,20). The molecule has 0 amide bonds. The molecule has 0 saturated carbocycles. The van der Waals surface area contributed by atoms with Crippen molar-refractivity contribution in [2.24, 2.45) is 0 Å². The highest BCUT2D eigenvalue weighted by Gasteiger charge is 2.08. The minimum atomic E-state index is 0.289. The van der Waals surface area contributed by atoms with Gasteiger partial charge in [-0.2, -0.15) is 0 Å². The molecule has 0 radical (unpaired) electrons. The van der Waals surface area contributed by atoms with Gasteiger partial charge in [0, 0.05) is 27.8 Å². The fraction of sp³-hybridized carbons (Fsp3) is 0.0667. The maximum Gasteiger partial charge on any atom is 0.157 e. The molecule has 0 saturated heterocycles. The van der Waals surface area contributed by atoms with Crippen LogP contribution in [0.2, 0.25) is 4.34 Å². The van der Waals surface area contributed by atoms with Crippen LogP contribution in [0.1, 0.15) is 5.69 Å². The van der Waals surface area contributed by atoms with E-state index in [9.17, 15) is 0 Å². The van der Waals surface area contributed by atoms with E-state index in [4.69, 9.17) is 16.3 Å². The Morgan fingerprint density at radius 3 is 2.83 bits per heavy atom. The van der Waals surface area contributed by atoms with Crippen molar-refractivity contribution in [2.75, 3.05) is 0 Å². The van der Waals surface area contributed by atoms with E-state index in [0.29, 0.717) is 10.0 Å². The van der Waals surface area contributed by atoms with Crippen molar-refractivity contribution in [1.82, 2.24) is 24.5 Å². The molecule has 3 heterocycles. The number of nitrogens with one attached hydrogen (secondary N) is 1. The monoisotopic (exact) mass is 421 g/mol. The van der Waals surface area contributed by atoms with Gasteiger partial charge in [-0.05, 0) is 46.3 Å². The fourth-order valence-electron chi connectivity index (χ4n) is 2.15. The molecule has 9 heteroatoms. The minimum Gasteiger partial charge on any atom is -0.487 e. The van der Waals surface area contributed by atoms with Gasteiger partial charge in [-0.25, -0.2) is 9.97 Å². The van der Waals surface area contributed by atoms with Crippen molar-refractivity contribution in [1.29, 1.82) is 0 Å². The summed E-state index contributed by atoms with van der Waals surface area (Å²) in [6.45, 7) is 0.289. The molecule has 24 heavy (non-hydrogen) atoms. The van der Waals surface area contributed by atoms with Gasteiger partial charge in [0.15, 0.2) is 5.65 Å². The topological polar surface area (TPSA) is 76.6 Å². The van der Waals surface area contributed by atoms with E-state index >= 15 is 0 Å². The molecule has 4 aromatic rings. The number of H-pyrrole nitrogens is 1. The lowest BCUT2D eigenvalue weighted by Gasteiger charge is -2.04. The molecule has 4 rings (SSSR count). The van der Waals surface area contributed by atoms with Crippen LogP contribution in [0.4, 0.5) is 0 Å². The predicted molar refractivity (Wildman–Crippen MR) is 96.3 cm³/mol. The number of pyridine rings is 1. The molecular weight excluding hydrogens is 414 g/mol. The fourth-order valence-corrected chi connectivity index (χ4v) is 3.07. The Kier molecular flexibility index (Phi) is 4.17. The number of aromatic nitrogens is 5. The van der Waals surface area contributed by atoms with Crippen molar-refractivity contribution in [3.8, 4) is 17.1 Å². The second kappa shape index (κ2) is 6.46. The van der Waals surface area contributed by atoms with Gasteiger partial charge in [0.2, 0.25) is 0 Å². The minimum absolute atomic E-state index is 0.289. The molecule has 1 aromatic carbocycles. The van der Waals surface area contributed by atoms with Crippen LogP contribution < -0.4 is 4.74 Å². The molecule has 3 aromatic heterocycles. The SMILES string of the molecule is Clc1snnc1COc1ccc(-c2nc3cc(Br)cnc3[nH]2)cc1. The molecule has 0 atom stereocenters. The summed E-state index contributed by atoms with van der Waals surface area (Å²) < 4.78 is 10.9. The third kappa shape index (κ3) is 3.12. The molecule has 6 nitrogen and oxygen atoms in total. The summed E-state index contributed by atoms with van der Waals surface area (Å²) in [5.41, 5.74) is 3.15. The Morgan fingerprint density at radius 1 is 1.25 bits per heavy atom. The van der Waals surface area contributed by atoms with Crippen LogP contribution in [0.5, 0.6) is 5.75 Å². The largest absolute Gasteiger partial charge is 0.487 e. The second-order valence-corrected chi connectivity index (χ2v) is 7.18. The average Bonchev–Trinajstić information content (AvgIpc) is 3.19. The van der Waals surface area contributed by atoms with Crippen LogP contribution in [0.25, 0.3) is 22.6 Å². The zero-order valence-electron chi connectivity index (χ0n) is 12.0. The van der Waals surface area contributed by atoms with E-state index in [0.717, 1.165) is 44.3 Å². The van der Waals surface area contributed by atoms with E-state index in [1.54, 1.807) is 6.20 Å². The van der Waals surface area contributed by atoms with E-state index in [-0.39, 0.29) is 6.61 Å². The number of ether oxygens (including phenoxy) is 1. The maximum atomic E-state index is 5.95. The van der Waals surface area contributed by atoms with Gasteiger partial charge in [-0.15, -0.1) is 5.10 Å². The molecular formula is C15H9BrClN5OS. The van der Waals surface area contributed by atoms with Gasteiger partial charge in [0.1, 0.15) is 33.7 Å². The van der Waals surface area contributed by atoms with Crippen LogP contribution >= 0.6 is 39.1 Å². The van der Waals surface area contributed by atoms with Gasteiger partial charge in [-0.3, -0.25) is 0 Å². The summed E-state index contributed by atoms with van der Waals surface area (Å²) in [5.74, 6) is 1.48. The molecule has 0 bridgehead atoms. The number of aromatic amines is 1. The smallest absolute Gasteiger partial charge is 0.157 e. The molecule has 0 aliphatic carbocycles. The Hall–Kier alpha value is -2.03. The van der Waals surface area contributed by atoms with E-state index in [2.05, 4.69) is 40.5 Å². The maximum absolute atomic E-state index is 5.95. The summed E-state index contributed by atoms with van der Waals surface area (Å²) >= 11 is 10.5. The number of halogens is 2. The zero-order valence-corrected chi connectivity index (χ0v) is 15.2. The second-order valence-electron chi connectivity index (χ2n) is 4.91. The summed E-state index contributed by atoms with van der Waals surface area (Å²) in [4.78, 5) is 12.0. The first-order valence-electron chi connectivity index (χ1n) is 6.90. The van der Waals surface area contributed by atoms with Crippen LogP contribution in [-0.2, 0) is 6.61 Å². The van der Waals surface area contributed by atoms with Crippen molar-refractivity contribution < 1.29 is 4.74 Å².